The molecule has 0 atom stereocenters. The number of benzene rings is 1. The number of carbonyl (C=O) groups is 1. The number of hydrogen-bond donors (Lipinski definition) is 3. The zero-order valence-electron chi connectivity index (χ0n) is 10.1. The van der Waals surface area contributed by atoms with E-state index in [4.69, 9.17) is 5.73 Å². The number of primary amides is 1. The Morgan fingerprint density at radius 3 is 2.39 bits per heavy atom. The lowest BCUT2D eigenvalue weighted by molar-refractivity contribution is 0.100. The summed E-state index contributed by atoms with van der Waals surface area (Å²) in [5.74, 6) is -0.433. The van der Waals surface area contributed by atoms with E-state index < -0.39 is 15.9 Å². The van der Waals surface area contributed by atoms with E-state index in [9.17, 15) is 13.2 Å². The molecule has 0 unspecified atom stereocenters. The highest BCUT2D eigenvalue weighted by Gasteiger charge is 2.05. The zero-order chi connectivity index (χ0) is 13.6. The third-order valence-electron chi connectivity index (χ3n) is 2.43. The highest BCUT2D eigenvalue weighted by Crippen LogP contribution is 2.03. The summed E-state index contributed by atoms with van der Waals surface area (Å²) in [5, 5.41) is 3.01. The fourth-order valence-corrected chi connectivity index (χ4v) is 1.95. The molecule has 1 amide bonds. The molecule has 0 fully saturated rings. The Bertz CT molecular complexity index is 497. The van der Waals surface area contributed by atoms with Gasteiger partial charge < -0.3 is 11.1 Å². The average molecular weight is 271 g/mol. The van der Waals surface area contributed by atoms with Crippen molar-refractivity contribution in [3.63, 3.8) is 0 Å². The number of hydrogen-bond acceptors (Lipinski definition) is 4. The van der Waals surface area contributed by atoms with Crippen molar-refractivity contribution in [1.82, 2.24) is 10.0 Å². The van der Waals surface area contributed by atoms with Gasteiger partial charge in [0.15, 0.2) is 0 Å². The monoisotopic (exact) mass is 271 g/mol. The van der Waals surface area contributed by atoms with Crippen molar-refractivity contribution in [2.75, 3.05) is 19.3 Å². The topological polar surface area (TPSA) is 101 Å². The average Bonchev–Trinajstić information content (AvgIpc) is 2.35. The van der Waals surface area contributed by atoms with E-state index in [0.717, 1.165) is 5.56 Å². The number of rotatable bonds is 7. The van der Waals surface area contributed by atoms with Gasteiger partial charge in [0, 0.05) is 18.7 Å². The van der Waals surface area contributed by atoms with Crippen molar-refractivity contribution in [3.8, 4) is 0 Å². The van der Waals surface area contributed by atoms with E-state index in [1.54, 1.807) is 24.3 Å². The van der Waals surface area contributed by atoms with Crippen molar-refractivity contribution >= 4 is 15.9 Å². The molecular weight excluding hydrogens is 254 g/mol. The first-order valence-corrected chi connectivity index (χ1v) is 7.10. The van der Waals surface area contributed by atoms with Crippen LogP contribution in [0, 0.1) is 0 Å². The van der Waals surface area contributed by atoms with Crippen LogP contribution in [0.2, 0.25) is 0 Å². The molecule has 1 rings (SSSR count). The molecule has 0 aromatic heterocycles. The van der Waals surface area contributed by atoms with Crippen LogP contribution < -0.4 is 15.8 Å². The van der Waals surface area contributed by atoms with E-state index in [0.29, 0.717) is 18.7 Å². The van der Waals surface area contributed by atoms with Gasteiger partial charge in [0.25, 0.3) is 0 Å². The Balaban J connectivity index is 2.38. The minimum absolute atomic E-state index is 0.0306. The van der Waals surface area contributed by atoms with Gasteiger partial charge in [0.1, 0.15) is 0 Å². The van der Waals surface area contributed by atoms with E-state index in [-0.39, 0.29) is 5.75 Å². The summed E-state index contributed by atoms with van der Waals surface area (Å²) in [6, 6.07) is 6.84. The zero-order valence-corrected chi connectivity index (χ0v) is 11.0. The summed E-state index contributed by atoms with van der Waals surface area (Å²) < 4.78 is 24.5. The summed E-state index contributed by atoms with van der Waals surface area (Å²) in [6.45, 7) is 0.902. The Morgan fingerprint density at radius 2 is 1.89 bits per heavy atom. The summed E-state index contributed by atoms with van der Waals surface area (Å²) in [4.78, 5) is 10.8. The Kier molecular flexibility index (Phi) is 5.26. The lowest BCUT2D eigenvalue weighted by atomic mass is 10.1. The van der Waals surface area contributed by atoms with Crippen molar-refractivity contribution in [2.24, 2.45) is 5.73 Å². The molecule has 100 valence electrons. The first-order chi connectivity index (χ1) is 8.44. The van der Waals surface area contributed by atoms with Crippen LogP contribution >= 0.6 is 0 Å². The Labute approximate surface area is 107 Å². The minimum atomic E-state index is -3.17. The van der Waals surface area contributed by atoms with Gasteiger partial charge in [-0.2, -0.15) is 0 Å². The van der Waals surface area contributed by atoms with Crippen LogP contribution in [-0.2, 0) is 16.6 Å². The smallest absolute Gasteiger partial charge is 0.248 e. The summed E-state index contributed by atoms with van der Waals surface area (Å²) in [5.41, 5.74) is 6.54. The standard InChI is InChI=1S/C11H17N3O3S/c1-13-18(16,17)7-6-14-8-9-2-4-10(5-3-9)11(12)15/h2-5,13-14H,6-8H2,1H3,(H2,12,15). The summed E-state index contributed by atoms with van der Waals surface area (Å²) in [7, 11) is -1.78. The van der Waals surface area contributed by atoms with Crippen molar-refractivity contribution < 1.29 is 13.2 Å². The lowest BCUT2D eigenvalue weighted by Crippen LogP contribution is -2.29. The number of nitrogens with two attached hydrogens (primary N) is 1. The van der Waals surface area contributed by atoms with Gasteiger partial charge in [0.2, 0.25) is 15.9 Å². The van der Waals surface area contributed by atoms with Crippen molar-refractivity contribution in [3.05, 3.63) is 35.4 Å². The molecule has 0 saturated heterocycles. The van der Waals surface area contributed by atoms with Crippen molar-refractivity contribution in [1.29, 1.82) is 0 Å². The van der Waals surface area contributed by atoms with Gasteiger partial charge in [0.05, 0.1) is 5.75 Å². The number of sulfonamides is 1. The first kappa shape index (κ1) is 14.6. The largest absolute Gasteiger partial charge is 0.366 e. The van der Waals surface area contributed by atoms with Crippen LogP contribution in [0.5, 0.6) is 0 Å². The van der Waals surface area contributed by atoms with Crippen LogP contribution in [0.4, 0.5) is 0 Å². The van der Waals surface area contributed by atoms with Crippen LogP contribution in [0.3, 0.4) is 0 Å². The highest BCUT2D eigenvalue weighted by molar-refractivity contribution is 7.89. The van der Waals surface area contributed by atoms with Crippen molar-refractivity contribution in [2.45, 2.75) is 6.54 Å². The SMILES string of the molecule is CNS(=O)(=O)CCNCc1ccc(C(N)=O)cc1. The second-order valence-electron chi connectivity index (χ2n) is 3.76. The van der Waals surface area contributed by atoms with Crippen LogP contribution in [0.25, 0.3) is 0 Å². The molecule has 1 aromatic carbocycles. The third kappa shape index (κ3) is 4.82. The molecule has 1 aromatic rings. The summed E-state index contributed by atoms with van der Waals surface area (Å²) in [6.07, 6.45) is 0. The van der Waals surface area contributed by atoms with E-state index in [2.05, 4.69) is 10.0 Å². The number of nitrogens with one attached hydrogen (secondary N) is 2. The van der Waals surface area contributed by atoms with Crippen LogP contribution in [0.15, 0.2) is 24.3 Å². The van der Waals surface area contributed by atoms with Gasteiger partial charge in [-0.15, -0.1) is 0 Å². The predicted octanol–water partition coefficient (Wildman–Crippen LogP) is -0.576. The molecule has 0 spiro atoms. The van der Waals surface area contributed by atoms with Gasteiger partial charge >= 0.3 is 0 Å². The molecule has 0 saturated carbocycles. The molecule has 0 aliphatic heterocycles. The molecule has 0 aliphatic rings. The molecule has 4 N–H and O–H groups in total. The maximum absolute atomic E-state index is 11.1. The second-order valence-corrected chi connectivity index (χ2v) is 5.81. The molecule has 18 heavy (non-hydrogen) atoms. The molecular formula is C11H17N3O3S. The Hall–Kier alpha value is -1.44. The first-order valence-electron chi connectivity index (χ1n) is 5.45. The fraction of sp³-hybridized carbons (Fsp3) is 0.364. The van der Waals surface area contributed by atoms with Crippen LogP contribution in [-0.4, -0.2) is 33.7 Å². The van der Waals surface area contributed by atoms with Gasteiger partial charge in [-0.25, -0.2) is 13.1 Å². The second kappa shape index (κ2) is 6.48. The van der Waals surface area contributed by atoms with Gasteiger partial charge in [-0.1, -0.05) is 12.1 Å². The van der Waals surface area contributed by atoms with E-state index >= 15 is 0 Å². The minimum Gasteiger partial charge on any atom is -0.366 e. The lowest BCUT2D eigenvalue weighted by Gasteiger charge is -2.06. The molecule has 0 heterocycles. The van der Waals surface area contributed by atoms with E-state index in [1.165, 1.54) is 7.05 Å². The maximum atomic E-state index is 11.1. The van der Waals surface area contributed by atoms with E-state index in [1.807, 2.05) is 0 Å². The fourth-order valence-electron chi connectivity index (χ4n) is 1.33. The molecule has 0 radical (unpaired) electrons. The normalized spacial score (nSPS) is 11.4. The number of carbonyl (C=O) groups excluding carboxylic acids is 1. The van der Waals surface area contributed by atoms with Crippen LogP contribution in [0.1, 0.15) is 15.9 Å². The quantitative estimate of drug-likeness (QED) is 0.578. The summed E-state index contributed by atoms with van der Waals surface area (Å²) >= 11 is 0. The molecule has 7 heteroatoms. The Morgan fingerprint density at radius 1 is 1.28 bits per heavy atom. The predicted molar refractivity (Wildman–Crippen MR) is 69.5 cm³/mol. The van der Waals surface area contributed by atoms with Gasteiger partial charge in [-0.05, 0) is 24.7 Å². The third-order valence-corrected chi connectivity index (χ3v) is 3.79. The molecule has 6 nitrogen and oxygen atoms in total. The molecule has 0 bridgehead atoms. The molecule has 0 aliphatic carbocycles. The number of amides is 1. The highest BCUT2D eigenvalue weighted by atomic mass is 32.2. The van der Waals surface area contributed by atoms with Gasteiger partial charge in [-0.3, -0.25) is 4.79 Å². The maximum Gasteiger partial charge on any atom is 0.248 e.